The summed E-state index contributed by atoms with van der Waals surface area (Å²) in [7, 11) is 4.10. The first kappa shape index (κ1) is 11.1. The van der Waals surface area contributed by atoms with Crippen molar-refractivity contribution in [3.63, 3.8) is 0 Å². The van der Waals surface area contributed by atoms with E-state index in [0.717, 1.165) is 6.42 Å². The van der Waals surface area contributed by atoms with Gasteiger partial charge in [0.05, 0.1) is 0 Å². The second-order valence-electron chi connectivity index (χ2n) is 3.92. The summed E-state index contributed by atoms with van der Waals surface area (Å²) in [6.07, 6.45) is 1.05. The molecule has 2 heteroatoms. The molecular formula is C12H20N2. The highest BCUT2D eigenvalue weighted by molar-refractivity contribution is 5.50. The summed E-state index contributed by atoms with van der Waals surface area (Å²) in [6, 6.07) is 6.62. The molecule has 1 atom stereocenters. The Bertz CT molecular complexity index is 303. The molecule has 78 valence electrons. The maximum atomic E-state index is 5.94. The van der Waals surface area contributed by atoms with E-state index < -0.39 is 0 Å². The number of hydrogen-bond donors (Lipinski definition) is 1. The number of aryl methyl sites for hydroxylation is 1. The third-order valence-electron chi connectivity index (χ3n) is 2.52. The largest absolute Gasteiger partial charge is 0.378 e. The van der Waals surface area contributed by atoms with Gasteiger partial charge in [0.15, 0.2) is 0 Å². The van der Waals surface area contributed by atoms with Gasteiger partial charge >= 0.3 is 0 Å². The molecule has 0 aliphatic rings. The zero-order chi connectivity index (χ0) is 10.7. The van der Waals surface area contributed by atoms with Gasteiger partial charge in [0.1, 0.15) is 0 Å². The second kappa shape index (κ2) is 4.47. The fourth-order valence-corrected chi connectivity index (χ4v) is 1.61. The van der Waals surface area contributed by atoms with Crippen molar-refractivity contribution in [2.24, 2.45) is 5.73 Å². The predicted molar refractivity (Wildman–Crippen MR) is 62.7 cm³/mol. The fraction of sp³-hybridized carbons (Fsp3) is 0.500. The van der Waals surface area contributed by atoms with Crippen molar-refractivity contribution < 1.29 is 0 Å². The maximum Gasteiger partial charge on any atom is 0.0364 e. The molecule has 0 aliphatic heterocycles. The quantitative estimate of drug-likeness (QED) is 0.796. The van der Waals surface area contributed by atoms with Gasteiger partial charge in [0.2, 0.25) is 0 Å². The van der Waals surface area contributed by atoms with Gasteiger partial charge in [-0.25, -0.2) is 0 Å². The normalized spacial score (nSPS) is 12.6. The van der Waals surface area contributed by atoms with E-state index in [1.165, 1.54) is 16.8 Å². The monoisotopic (exact) mass is 192 g/mol. The maximum absolute atomic E-state index is 5.94. The van der Waals surface area contributed by atoms with Crippen molar-refractivity contribution in [3.05, 3.63) is 29.3 Å². The highest BCUT2D eigenvalue weighted by atomic mass is 15.1. The molecule has 0 saturated heterocycles. The standard InChI is InChI=1S/C12H20N2/c1-5-10-6-7-11(14(3)4)8-12(10)9(2)13/h6-9H,5,13H2,1-4H3. The Hall–Kier alpha value is -1.02. The molecule has 1 aromatic carbocycles. The third kappa shape index (κ3) is 2.26. The summed E-state index contributed by atoms with van der Waals surface area (Å²) in [5.74, 6) is 0. The van der Waals surface area contributed by atoms with E-state index in [-0.39, 0.29) is 6.04 Å². The van der Waals surface area contributed by atoms with Gasteiger partial charge in [0.25, 0.3) is 0 Å². The highest BCUT2D eigenvalue weighted by Gasteiger charge is 2.07. The summed E-state index contributed by atoms with van der Waals surface area (Å²) in [6.45, 7) is 4.20. The number of rotatable bonds is 3. The van der Waals surface area contributed by atoms with Gasteiger partial charge in [-0.05, 0) is 36.6 Å². The molecule has 0 amide bonds. The van der Waals surface area contributed by atoms with Crippen LogP contribution in [0.4, 0.5) is 5.69 Å². The molecule has 0 spiro atoms. The van der Waals surface area contributed by atoms with Gasteiger partial charge in [-0.1, -0.05) is 13.0 Å². The SMILES string of the molecule is CCc1ccc(N(C)C)cc1C(C)N. The highest BCUT2D eigenvalue weighted by Crippen LogP contribution is 2.22. The molecule has 1 unspecified atom stereocenters. The zero-order valence-electron chi connectivity index (χ0n) is 9.54. The smallest absolute Gasteiger partial charge is 0.0364 e. The Morgan fingerprint density at radius 3 is 2.43 bits per heavy atom. The molecule has 2 nitrogen and oxygen atoms in total. The molecule has 2 N–H and O–H groups in total. The number of anilines is 1. The van der Waals surface area contributed by atoms with E-state index >= 15 is 0 Å². The van der Waals surface area contributed by atoms with Crippen molar-refractivity contribution in [2.75, 3.05) is 19.0 Å². The van der Waals surface area contributed by atoms with Crippen molar-refractivity contribution in [1.29, 1.82) is 0 Å². The topological polar surface area (TPSA) is 29.3 Å². The molecule has 0 radical (unpaired) electrons. The number of nitrogens with zero attached hydrogens (tertiary/aromatic N) is 1. The van der Waals surface area contributed by atoms with Crippen LogP contribution in [-0.4, -0.2) is 14.1 Å². The first-order chi connectivity index (χ1) is 6.56. The van der Waals surface area contributed by atoms with Gasteiger partial charge < -0.3 is 10.6 Å². The van der Waals surface area contributed by atoms with Gasteiger partial charge in [-0.3, -0.25) is 0 Å². The van der Waals surface area contributed by atoms with Gasteiger partial charge in [-0.2, -0.15) is 0 Å². The lowest BCUT2D eigenvalue weighted by Gasteiger charge is -2.18. The molecule has 0 heterocycles. The van der Waals surface area contributed by atoms with Crippen LogP contribution in [0.5, 0.6) is 0 Å². The average molecular weight is 192 g/mol. The van der Waals surface area contributed by atoms with Crippen LogP contribution in [0.25, 0.3) is 0 Å². The molecule has 0 aliphatic carbocycles. The van der Waals surface area contributed by atoms with E-state index in [9.17, 15) is 0 Å². The van der Waals surface area contributed by atoms with Crippen LogP contribution < -0.4 is 10.6 Å². The minimum atomic E-state index is 0.116. The molecule has 0 bridgehead atoms. The van der Waals surface area contributed by atoms with E-state index in [2.05, 4.69) is 30.0 Å². The van der Waals surface area contributed by atoms with E-state index in [4.69, 9.17) is 5.73 Å². The van der Waals surface area contributed by atoms with Crippen LogP contribution >= 0.6 is 0 Å². The Labute approximate surface area is 86.7 Å². The lowest BCUT2D eigenvalue weighted by atomic mass is 9.99. The van der Waals surface area contributed by atoms with Gasteiger partial charge in [-0.15, -0.1) is 0 Å². The Morgan fingerprint density at radius 2 is 2.00 bits per heavy atom. The van der Waals surface area contributed by atoms with E-state index in [1.807, 2.05) is 21.0 Å². The van der Waals surface area contributed by atoms with Gasteiger partial charge in [0, 0.05) is 25.8 Å². The first-order valence-electron chi connectivity index (χ1n) is 5.12. The van der Waals surface area contributed by atoms with Crippen LogP contribution in [0.2, 0.25) is 0 Å². The molecule has 0 aromatic heterocycles. The summed E-state index contributed by atoms with van der Waals surface area (Å²) < 4.78 is 0. The fourth-order valence-electron chi connectivity index (χ4n) is 1.61. The lowest BCUT2D eigenvalue weighted by molar-refractivity contribution is 0.800. The Kier molecular flexibility index (Phi) is 3.53. The first-order valence-corrected chi connectivity index (χ1v) is 5.12. The van der Waals surface area contributed by atoms with E-state index in [1.54, 1.807) is 0 Å². The summed E-state index contributed by atoms with van der Waals surface area (Å²) in [4.78, 5) is 2.10. The minimum Gasteiger partial charge on any atom is -0.378 e. The van der Waals surface area contributed by atoms with Crippen molar-refractivity contribution >= 4 is 5.69 Å². The summed E-state index contributed by atoms with van der Waals surface area (Å²) in [5.41, 5.74) is 9.77. The predicted octanol–water partition coefficient (Wildman–Crippen LogP) is 2.33. The van der Waals surface area contributed by atoms with Crippen LogP contribution in [0.15, 0.2) is 18.2 Å². The van der Waals surface area contributed by atoms with Crippen LogP contribution in [0.1, 0.15) is 31.0 Å². The molecule has 1 rings (SSSR count). The lowest BCUT2D eigenvalue weighted by Crippen LogP contribution is -2.12. The van der Waals surface area contributed by atoms with Crippen molar-refractivity contribution in [3.8, 4) is 0 Å². The third-order valence-corrected chi connectivity index (χ3v) is 2.52. The second-order valence-corrected chi connectivity index (χ2v) is 3.92. The molecule has 0 saturated carbocycles. The summed E-state index contributed by atoms with van der Waals surface area (Å²) >= 11 is 0. The Morgan fingerprint density at radius 1 is 1.36 bits per heavy atom. The average Bonchev–Trinajstić information content (AvgIpc) is 2.16. The van der Waals surface area contributed by atoms with Crippen molar-refractivity contribution in [1.82, 2.24) is 0 Å². The van der Waals surface area contributed by atoms with Crippen LogP contribution in [0, 0.1) is 0 Å². The molecule has 14 heavy (non-hydrogen) atoms. The number of nitrogens with two attached hydrogens (primary N) is 1. The number of hydrogen-bond acceptors (Lipinski definition) is 2. The zero-order valence-corrected chi connectivity index (χ0v) is 9.54. The van der Waals surface area contributed by atoms with E-state index in [0.29, 0.717) is 0 Å². The summed E-state index contributed by atoms with van der Waals surface area (Å²) in [5, 5.41) is 0. The number of benzene rings is 1. The minimum absolute atomic E-state index is 0.116. The molecule has 0 fully saturated rings. The molecule has 1 aromatic rings. The van der Waals surface area contributed by atoms with Crippen LogP contribution in [0.3, 0.4) is 0 Å². The van der Waals surface area contributed by atoms with Crippen molar-refractivity contribution in [2.45, 2.75) is 26.3 Å². The Balaban J connectivity index is 3.14. The van der Waals surface area contributed by atoms with Crippen LogP contribution in [-0.2, 0) is 6.42 Å². The molecular weight excluding hydrogens is 172 g/mol.